The maximum Gasteiger partial charge on any atom is 0.240 e. The smallest absolute Gasteiger partial charge is 0.240 e. The summed E-state index contributed by atoms with van der Waals surface area (Å²) in [7, 11) is -3.63. The zero-order valence-electron chi connectivity index (χ0n) is 16.2. The molecule has 156 valence electrons. The van der Waals surface area contributed by atoms with E-state index in [1.165, 1.54) is 5.56 Å². The van der Waals surface area contributed by atoms with Crippen molar-refractivity contribution in [2.24, 2.45) is 0 Å². The van der Waals surface area contributed by atoms with Crippen LogP contribution < -0.4 is 19.1 Å². The number of fused-ring (bicyclic) bond motifs is 1. The standard InChI is InChI=1S/C20H24N2O5S2/c1-2-29(24,25)22(17-8-9-18-19(12-17)27-15-26-18)13-20(23)21-10-11-28-14-16-6-4-3-5-7-16/h3-9,12H,2,10-11,13-15H2,1H3,(H,21,23). The number of carbonyl (C=O) groups is 1. The topological polar surface area (TPSA) is 84.9 Å². The minimum absolute atomic E-state index is 0.0977. The minimum Gasteiger partial charge on any atom is -0.454 e. The van der Waals surface area contributed by atoms with Crippen molar-refractivity contribution < 1.29 is 22.7 Å². The van der Waals surface area contributed by atoms with Gasteiger partial charge in [-0.2, -0.15) is 11.8 Å². The maximum atomic E-state index is 12.5. The van der Waals surface area contributed by atoms with E-state index in [0.717, 1.165) is 15.8 Å². The Morgan fingerprint density at radius 3 is 2.66 bits per heavy atom. The molecule has 1 heterocycles. The first-order valence-electron chi connectivity index (χ1n) is 9.28. The van der Waals surface area contributed by atoms with Gasteiger partial charge in [0.15, 0.2) is 11.5 Å². The van der Waals surface area contributed by atoms with E-state index < -0.39 is 10.0 Å². The van der Waals surface area contributed by atoms with E-state index >= 15 is 0 Å². The Balaban J connectivity index is 1.54. The molecule has 0 aliphatic carbocycles. The summed E-state index contributed by atoms with van der Waals surface area (Å²) in [5.41, 5.74) is 1.61. The molecule has 0 unspecified atom stereocenters. The molecule has 7 nitrogen and oxygen atoms in total. The molecule has 9 heteroatoms. The van der Waals surface area contributed by atoms with Gasteiger partial charge in [0, 0.05) is 24.1 Å². The molecule has 0 fully saturated rings. The minimum atomic E-state index is -3.63. The lowest BCUT2D eigenvalue weighted by Crippen LogP contribution is -2.42. The van der Waals surface area contributed by atoms with Crippen LogP contribution in [0.1, 0.15) is 12.5 Å². The number of sulfonamides is 1. The number of ether oxygens (including phenoxy) is 2. The number of hydrogen-bond donors (Lipinski definition) is 1. The fourth-order valence-corrected chi connectivity index (χ4v) is 4.64. The average Bonchev–Trinajstić information content (AvgIpc) is 3.20. The average molecular weight is 437 g/mol. The van der Waals surface area contributed by atoms with Gasteiger partial charge in [-0.15, -0.1) is 0 Å². The molecule has 0 radical (unpaired) electrons. The fourth-order valence-electron chi connectivity index (χ4n) is 2.76. The van der Waals surface area contributed by atoms with Crippen LogP contribution in [-0.4, -0.2) is 45.7 Å². The quantitative estimate of drug-likeness (QED) is 0.577. The van der Waals surface area contributed by atoms with Gasteiger partial charge in [0.05, 0.1) is 11.4 Å². The molecule has 0 saturated carbocycles. The zero-order valence-corrected chi connectivity index (χ0v) is 17.8. The van der Waals surface area contributed by atoms with Gasteiger partial charge in [-0.05, 0) is 24.6 Å². The highest BCUT2D eigenvalue weighted by atomic mass is 32.2. The first-order chi connectivity index (χ1) is 14.0. The van der Waals surface area contributed by atoms with Crippen molar-refractivity contribution in [2.45, 2.75) is 12.7 Å². The van der Waals surface area contributed by atoms with Crippen molar-refractivity contribution in [1.29, 1.82) is 0 Å². The molecule has 2 aromatic carbocycles. The summed E-state index contributed by atoms with van der Waals surface area (Å²) >= 11 is 1.71. The van der Waals surface area contributed by atoms with Crippen LogP contribution >= 0.6 is 11.8 Å². The number of rotatable bonds is 10. The molecule has 0 aromatic heterocycles. The summed E-state index contributed by atoms with van der Waals surface area (Å²) in [6.45, 7) is 1.84. The second-order valence-corrected chi connectivity index (χ2v) is 9.62. The largest absolute Gasteiger partial charge is 0.454 e. The summed E-state index contributed by atoms with van der Waals surface area (Å²) in [6.07, 6.45) is 0. The van der Waals surface area contributed by atoms with Crippen LogP contribution in [0.5, 0.6) is 11.5 Å². The zero-order chi connectivity index (χ0) is 20.7. The van der Waals surface area contributed by atoms with E-state index in [9.17, 15) is 13.2 Å². The van der Waals surface area contributed by atoms with Crippen LogP contribution in [-0.2, 0) is 20.6 Å². The van der Waals surface area contributed by atoms with E-state index in [0.29, 0.717) is 23.7 Å². The van der Waals surface area contributed by atoms with Gasteiger partial charge in [-0.3, -0.25) is 9.10 Å². The van der Waals surface area contributed by atoms with Gasteiger partial charge < -0.3 is 14.8 Å². The second-order valence-electron chi connectivity index (χ2n) is 6.33. The predicted octanol–water partition coefficient (Wildman–Crippen LogP) is 2.62. The number of nitrogens with one attached hydrogen (secondary N) is 1. The fraction of sp³-hybridized carbons (Fsp3) is 0.350. The number of benzene rings is 2. The Labute approximate surface area is 175 Å². The second kappa shape index (κ2) is 9.89. The van der Waals surface area contributed by atoms with Crippen molar-refractivity contribution in [3.63, 3.8) is 0 Å². The van der Waals surface area contributed by atoms with Crippen LogP contribution in [0.25, 0.3) is 0 Å². The molecular weight excluding hydrogens is 412 g/mol. The molecule has 0 atom stereocenters. The van der Waals surface area contributed by atoms with Crippen LogP contribution in [0.15, 0.2) is 48.5 Å². The monoisotopic (exact) mass is 436 g/mol. The van der Waals surface area contributed by atoms with Crippen molar-refractivity contribution >= 4 is 33.4 Å². The Morgan fingerprint density at radius 2 is 1.90 bits per heavy atom. The first kappa shape index (κ1) is 21.3. The SMILES string of the molecule is CCS(=O)(=O)N(CC(=O)NCCSCc1ccccc1)c1ccc2c(c1)OCO2. The van der Waals surface area contributed by atoms with Crippen LogP contribution in [0.2, 0.25) is 0 Å². The number of hydrogen-bond acceptors (Lipinski definition) is 6. The van der Waals surface area contributed by atoms with Crippen LogP contribution in [0, 0.1) is 0 Å². The molecule has 1 N–H and O–H groups in total. The third kappa shape index (κ3) is 5.80. The van der Waals surface area contributed by atoms with E-state index in [1.54, 1.807) is 36.9 Å². The normalized spacial score (nSPS) is 12.6. The van der Waals surface area contributed by atoms with Crippen LogP contribution in [0.4, 0.5) is 5.69 Å². The summed E-state index contributed by atoms with van der Waals surface area (Å²) in [5.74, 6) is 2.18. The molecule has 0 spiro atoms. The Morgan fingerprint density at radius 1 is 1.14 bits per heavy atom. The number of amides is 1. The lowest BCUT2D eigenvalue weighted by Gasteiger charge is -2.23. The molecular formula is C20H24N2O5S2. The predicted molar refractivity (Wildman–Crippen MR) is 115 cm³/mol. The van der Waals surface area contributed by atoms with Crippen molar-refractivity contribution in [1.82, 2.24) is 5.32 Å². The summed E-state index contributed by atoms with van der Waals surface area (Å²) < 4.78 is 36.8. The summed E-state index contributed by atoms with van der Waals surface area (Å²) in [5, 5.41) is 2.80. The molecule has 1 amide bonds. The summed E-state index contributed by atoms with van der Waals surface area (Å²) in [4.78, 5) is 12.4. The van der Waals surface area contributed by atoms with E-state index in [-0.39, 0.29) is 25.0 Å². The summed E-state index contributed by atoms with van der Waals surface area (Å²) in [6, 6.07) is 14.9. The third-order valence-electron chi connectivity index (χ3n) is 4.31. The highest BCUT2D eigenvalue weighted by Gasteiger charge is 2.25. The van der Waals surface area contributed by atoms with Gasteiger partial charge in [0.1, 0.15) is 6.54 Å². The molecule has 29 heavy (non-hydrogen) atoms. The van der Waals surface area contributed by atoms with Crippen molar-refractivity contribution in [2.75, 3.05) is 35.7 Å². The van der Waals surface area contributed by atoms with Gasteiger partial charge in [-0.1, -0.05) is 30.3 Å². The van der Waals surface area contributed by atoms with Crippen molar-refractivity contribution in [3.8, 4) is 11.5 Å². The third-order valence-corrected chi connectivity index (χ3v) is 7.08. The molecule has 2 aromatic rings. The Hall–Kier alpha value is -2.39. The van der Waals surface area contributed by atoms with Crippen molar-refractivity contribution in [3.05, 3.63) is 54.1 Å². The number of thioether (sulfide) groups is 1. The highest BCUT2D eigenvalue weighted by Crippen LogP contribution is 2.36. The molecule has 1 aliphatic heterocycles. The van der Waals surface area contributed by atoms with Gasteiger partial charge in [0.25, 0.3) is 0 Å². The Bertz CT molecular complexity index is 935. The van der Waals surface area contributed by atoms with Gasteiger partial charge >= 0.3 is 0 Å². The lowest BCUT2D eigenvalue weighted by atomic mass is 10.2. The molecule has 0 bridgehead atoms. The van der Waals surface area contributed by atoms with Gasteiger partial charge in [-0.25, -0.2) is 8.42 Å². The highest BCUT2D eigenvalue weighted by molar-refractivity contribution is 7.98. The van der Waals surface area contributed by atoms with E-state index in [4.69, 9.17) is 9.47 Å². The Kier molecular flexibility index (Phi) is 7.27. The molecule has 1 aliphatic rings. The molecule has 3 rings (SSSR count). The molecule has 0 saturated heterocycles. The van der Waals surface area contributed by atoms with E-state index in [2.05, 4.69) is 17.4 Å². The lowest BCUT2D eigenvalue weighted by molar-refractivity contribution is -0.119. The maximum absolute atomic E-state index is 12.5. The number of nitrogens with zero attached hydrogens (tertiary/aromatic N) is 1. The number of carbonyl (C=O) groups excluding carboxylic acids is 1. The van der Waals surface area contributed by atoms with Gasteiger partial charge in [0.2, 0.25) is 22.7 Å². The first-order valence-corrected chi connectivity index (χ1v) is 12.0. The van der Waals surface area contributed by atoms with Crippen LogP contribution in [0.3, 0.4) is 0 Å². The number of anilines is 1. The van der Waals surface area contributed by atoms with E-state index in [1.807, 2.05) is 18.2 Å².